The number of carbonyl (C=O) groups is 1. The van der Waals surface area contributed by atoms with Crippen LogP contribution in [0.2, 0.25) is 0 Å². The van der Waals surface area contributed by atoms with Crippen molar-refractivity contribution in [1.82, 2.24) is 10.2 Å². The SMILES string of the molecule is O=C(CCC1CCNCC1)N1CCCC1C1CCCC1. The highest BCUT2D eigenvalue weighted by atomic mass is 16.2. The molecule has 3 rings (SSSR count). The zero-order valence-electron chi connectivity index (χ0n) is 12.8. The van der Waals surface area contributed by atoms with E-state index in [9.17, 15) is 4.79 Å². The average molecular weight is 278 g/mol. The van der Waals surface area contributed by atoms with Gasteiger partial charge in [-0.1, -0.05) is 12.8 Å². The molecule has 3 heteroatoms. The van der Waals surface area contributed by atoms with E-state index < -0.39 is 0 Å². The maximum absolute atomic E-state index is 12.6. The number of likely N-dealkylation sites (tertiary alicyclic amines) is 1. The first-order valence-corrected chi connectivity index (χ1v) is 8.85. The monoisotopic (exact) mass is 278 g/mol. The highest BCUT2D eigenvalue weighted by Gasteiger charge is 2.35. The van der Waals surface area contributed by atoms with E-state index in [1.807, 2.05) is 0 Å². The van der Waals surface area contributed by atoms with E-state index in [1.165, 1.54) is 51.4 Å². The molecule has 0 aromatic carbocycles. The molecule has 114 valence electrons. The summed E-state index contributed by atoms with van der Waals surface area (Å²) >= 11 is 0. The lowest BCUT2D eigenvalue weighted by atomic mass is 9.92. The third-order valence-corrected chi connectivity index (χ3v) is 5.79. The molecule has 1 saturated carbocycles. The van der Waals surface area contributed by atoms with Crippen LogP contribution in [0.1, 0.15) is 64.2 Å². The molecule has 3 aliphatic rings. The van der Waals surface area contributed by atoms with Crippen LogP contribution < -0.4 is 5.32 Å². The van der Waals surface area contributed by atoms with Gasteiger partial charge in [0.25, 0.3) is 0 Å². The van der Waals surface area contributed by atoms with E-state index in [-0.39, 0.29) is 0 Å². The Kier molecular flexibility index (Phi) is 4.98. The Bertz CT molecular complexity index is 319. The van der Waals surface area contributed by atoms with Crippen molar-refractivity contribution in [2.45, 2.75) is 70.3 Å². The van der Waals surface area contributed by atoms with Gasteiger partial charge in [0.2, 0.25) is 5.91 Å². The maximum Gasteiger partial charge on any atom is 0.222 e. The summed E-state index contributed by atoms with van der Waals surface area (Å²) in [6, 6.07) is 0.595. The molecule has 1 amide bonds. The number of carbonyl (C=O) groups excluding carboxylic acids is 1. The lowest BCUT2D eigenvalue weighted by molar-refractivity contribution is -0.133. The Balaban J connectivity index is 1.47. The van der Waals surface area contributed by atoms with Crippen molar-refractivity contribution in [3.8, 4) is 0 Å². The van der Waals surface area contributed by atoms with Crippen LogP contribution in [0.15, 0.2) is 0 Å². The van der Waals surface area contributed by atoms with Crippen LogP contribution in [0.4, 0.5) is 0 Å². The molecule has 0 aromatic rings. The molecule has 3 fully saturated rings. The van der Waals surface area contributed by atoms with Crippen molar-refractivity contribution < 1.29 is 4.79 Å². The molecule has 3 nitrogen and oxygen atoms in total. The molecular formula is C17H30N2O. The zero-order chi connectivity index (χ0) is 13.8. The lowest BCUT2D eigenvalue weighted by Gasteiger charge is -2.30. The van der Waals surface area contributed by atoms with Gasteiger partial charge >= 0.3 is 0 Å². The van der Waals surface area contributed by atoms with Gasteiger partial charge in [-0.05, 0) is 69.9 Å². The highest BCUT2D eigenvalue weighted by molar-refractivity contribution is 5.76. The molecule has 1 N–H and O–H groups in total. The maximum atomic E-state index is 12.6. The number of nitrogens with one attached hydrogen (secondary N) is 1. The molecule has 0 spiro atoms. The number of hydrogen-bond acceptors (Lipinski definition) is 2. The van der Waals surface area contributed by atoms with Gasteiger partial charge in [0, 0.05) is 19.0 Å². The van der Waals surface area contributed by atoms with Crippen LogP contribution in [0, 0.1) is 11.8 Å². The minimum Gasteiger partial charge on any atom is -0.339 e. The van der Waals surface area contributed by atoms with Crippen LogP contribution in [0.3, 0.4) is 0 Å². The molecule has 0 bridgehead atoms. The number of nitrogens with zero attached hydrogens (tertiary/aromatic N) is 1. The molecule has 2 aliphatic heterocycles. The Morgan fingerprint density at radius 1 is 1.00 bits per heavy atom. The normalized spacial score (nSPS) is 29.2. The second-order valence-corrected chi connectivity index (χ2v) is 7.07. The molecule has 1 atom stereocenters. The summed E-state index contributed by atoms with van der Waals surface area (Å²) in [6.45, 7) is 3.33. The van der Waals surface area contributed by atoms with Gasteiger partial charge in [0.1, 0.15) is 0 Å². The minimum absolute atomic E-state index is 0.456. The fourth-order valence-corrected chi connectivity index (χ4v) is 4.58. The van der Waals surface area contributed by atoms with E-state index in [0.717, 1.165) is 44.3 Å². The Labute approximate surface area is 123 Å². The number of amides is 1. The summed E-state index contributed by atoms with van der Waals surface area (Å²) in [5.41, 5.74) is 0. The Morgan fingerprint density at radius 3 is 2.50 bits per heavy atom. The lowest BCUT2D eigenvalue weighted by Crippen LogP contribution is -2.39. The van der Waals surface area contributed by atoms with Gasteiger partial charge < -0.3 is 10.2 Å². The highest BCUT2D eigenvalue weighted by Crippen LogP contribution is 2.35. The summed E-state index contributed by atoms with van der Waals surface area (Å²) in [6.07, 6.45) is 12.5. The van der Waals surface area contributed by atoms with Crippen molar-refractivity contribution >= 4 is 5.91 Å². The third kappa shape index (κ3) is 3.36. The van der Waals surface area contributed by atoms with Gasteiger partial charge in [-0.15, -0.1) is 0 Å². The summed E-state index contributed by atoms with van der Waals surface area (Å²) in [7, 11) is 0. The van der Waals surface area contributed by atoms with Crippen molar-refractivity contribution in [3.05, 3.63) is 0 Å². The zero-order valence-corrected chi connectivity index (χ0v) is 12.8. The molecule has 0 radical (unpaired) electrons. The second kappa shape index (κ2) is 6.93. The summed E-state index contributed by atoms with van der Waals surface area (Å²) < 4.78 is 0. The van der Waals surface area contributed by atoms with E-state index in [4.69, 9.17) is 0 Å². The standard InChI is InChI=1S/C17H30N2O/c20-17(8-7-14-9-11-18-12-10-14)19-13-3-6-16(19)15-4-1-2-5-15/h14-16,18H,1-13H2. The summed E-state index contributed by atoms with van der Waals surface area (Å²) in [5.74, 6) is 2.06. The van der Waals surface area contributed by atoms with E-state index in [1.54, 1.807) is 0 Å². The van der Waals surface area contributed by atoms with Crippen molar-refractivity contribution in [1.29, 1.82) is 0 Å². The van der Waals surface area contributed by atoms with E-state index >= 15 is 0 Å². The summed E-state index contributed by atoms with van der Waals surface area (Å²) in [5, 5.41) is 3.41. The molecule has 1 aliphatic carbocycles. The summed E-state index contributed by atoms with van der Waals surface area (Å²) in [4.78, 5) is 14.8. The molecular weight excluding hydrogens is 248 g/mol. The predicted molar refractivity (Wildman–Crippen MR) is 81.5 cm³/mol. The number of piperidine rings is 1. The minimum atomic E-state index is 0.456. The van der Waals surface area contributed by atoms with Gasteiger partial charge in [-0.3, -0.25) is 4.79 Å². The van der Waals surface area contributed by atoms with Gasteiger partial charge in [-0.2, -0.15) is 0 Å². The van der Waals surface area contributed by atoms with Crippen molar-refractivity contribution in [2.75, 3.05) is 19.6 Å². The smallest absolute Gasteiger partial charge is 0.222 e. The van der Waals surface area contributed by atoms with Crippen molar-refractivity contribution in [3.63, 3.8) is 0 Å². The molecule has 0 aromatic heterocycles. The van der Waals surface area contributed by atoms with E-state index in [0.29, 0.717) is 11.9 Å². The topological polar surface area (TPSA) is 32.3 Å². The number of hydrogen-bond donors (Lipinski definition) is 1. The number of rotatable bonds is 4. The first-order chi connectivity index (χ1) is 9.84. The molecule has 20 heavy (non-hydrogen) atoms. The van der Waals surface area contributed by atoms with Gasteiger partial charge in [-0.25, -0.2) is 0 Å². The van der Waals surface area contributed by atoms with Crippen LogP contribution in [0.25, 0.3) is 0 Å². The largest absolute Gasteiger partial charge is 0.339 e. The predicted octanol–water partition coefficient (Wildman–Crippen LogP) is 2.95. The van der Waals surface area contributed by atoms with Crippen molar-refractivity contribution in [2.24, 2.45) is 11.8 Å². The first-order valence-electron chi connectivity index (χ1n) is 8.85. The Morgan fingerprint density at radius 2 is 1.75 bits per heavy atom. The molecule has 2 heterocycles. The van der Waals surface area contributed by atoms with Crippen LogP contribution in [0.5, 0.6) is 0 Å². The first kappa shape index (κ1) is 14.4. The van der Waals surface area contributed by atoms with Gasteiger partial charge in [0.15, 0.2) is 0 Å². The van der Waals surface area contributed by atoms with Crippen LogP contribution in [-0.2, 0) is 4.79 Å². The quantitative estimate of drug-likeness (QED) is 0.857. The van der Waals surface area contributed by atoms with Gasteiger partial charge in [0.05, 0.1) is 0 Å². The fraction of sp³-hybridized carbons (Fsp3) is 0.941. The molecule has 1 unspecified atom stereocenters. The van der Waals surface area contributed by atoms with Crippen LogP contribution in [-0.4, -0.2) is 36.5 Å². The van der Waals surface area contributed by atoms with Crippen LogP contribution >= 0.6 is 0 Å². The van der Waals surface area contributed by atoms with E-state index in [2.05, 4.69) is 10.2 Å². The Hall–Kier alpha value is -0.570. The third-order valence-electron chi connectivity index (χ3n) is 5.79. The average Bonchev–Trinajstić information content (AvgIpc) is 3.15. The fourth-order valence-electron chi connectivity index (χ4n) is 4.58. The molecule has 2 saturated heterocycles. The second-order valence-electron chi connectivity index (χ2n) is 7.07.